The molecule has 3 N–H and O–H groups in total. The number of rotatable bonds is 7. The highest BCUT2D eigenvalue weighted by atomic mass is 32.2. The molecule has 6 heteroatoms. The van der Waals surface area contributed by atoms with Gasteiger partial charge in [-0.2, -0.15) is 0 Å². The van der Waals surface area contributed by atoms with E-state index >= 15 is 0 Å². The molecule has 0 spiro atoms. The van der Waals surface area contributed by atoms with Crippen LogP contribution in [-0.4, -0.2) is 29.8 Å². The molecular formula is C19H30N2O3S. The fraction of sp³-hybridized carbons (Fsp3) is 0.474. The quantitative estimate of drug-likeness (QED) is 0.510. The van der Waals surface area contributed by atoms with Crippen LogP contribution in [0.2, 0.25) is 0 Å². The second kappa shape index (κ2) is 12.6. The molecule has 1 aromatic rings. The van der Waals surface area contributed by atoms with Crippen LogP contribution in [0.25, 0.3) is 0 Å². The lowest BCUT2D eigenvalue weighted by Gasteiger charge is -2.15. The first-order chi connectivity index (χ1) is 11.7. The minimum Gasteiger partial charge on any atom is -0.392 e. The number of hydrogen-bond donors (Lipinski definition) is 3. The van der Waals surface area contributed by atoms with Gasteiger partial charge < -0.3 is 10.4 Å². The van der Waals surface area contributed by atoms with Crippen molar-refractivity contribution in [3.8, 4) is 0 Å². The maximum Gasteiger partial charge on any atom is 0.261 e. The van der Waals surface area contributed by atoms with E-state index in [-0.39, 0.29) is 24.5 Å². The van der Waals surface area contributed by atoms with E-state index in [0.29, 0.717) is 17.9 Å². The van der Waals surface area contributed by atoms with E-state index in [2.05, 4.69) is 16.6 Å². The van der Waals surface area contributed by atoms with Gasteiger partial charge in [0.1, 0.15) is 0 Å². The Balaban J connectivity index is 0.00000101. The molecule has 0 aliphatic heterocycles. The second-order valence-electron chi connectivity index (χ2n) is 6.26. The van der Waals surface area contributed by atoms with E-state index in [4.69, 9.17) is 5.11 Å². The van der Waals surface area contributed by atoms with Gasteiger partial charge in [0, 0.05) is 18.2 Å². The Labute approximate surface area is 155 Å². The standard InChI is InChI=1S/C15H22N2O2S.C4H8O/c1-10(2)9-14(18)16-11(3)12-5-7-13(8-6-12)15(19)17-20-4;1-4(2)3-5/h5-8,10-11H,9H2,1-4H3,(H,16,18)(H,17,19);5H,1,3H2,2H3. The highest BCUT2D eigenvalue weighted by Crippen LogP contribution is 2.14. The maximum atomic E-state index is 11.7. The highest BCUT2D eigenvalue weighted by Gasteiger charge is 2.11. The molecule has 0 fully saturated rings. The van der Waals surface area contributed by atoms with Crippen LogP contribution in [0.5, 0.6) is 0 Å². The first kappa shape index (κ1) is 23.2. The predicted molar refractivity (Wildman–Crippen MR) is 105 cm³/mol. The zero-order valence-corrected chi connectivity index (χ0v) is 16.6. The van der Waals surface area contributed by atoms with Gasteiger partial charge in [0.05, 0.1) is 12.6 Å². The summed E-state index contributed by atoms with van der Waals surface area (Å²) < 4.78 is 2.67. The molecule has 2 amide bonds. The van der Waals surface area contributed by atoms with E-state index in [0.717, 1.165) is 11.1 Å². The molecule has 25 heavy (non-hydrogen) atoms. The summed E-state index contributed by atoms with van der Waals surface area (Å²) in [6, 6.07) is 7.22. The molecule has 0 radical (unpaired) electrons. The Bertz CT molecular complexity index is 556. The Morgan fingerprint density at radius 2 is 1.72 bits per heavy atom. The van der Waals surface area contributed by atoms with Crippen molar-refractivity contribution in [2.75, 3.05) is 12.9 Å². The van der Waals surface area contributed by atoms with Crippen molar-refractivity contribution in [2.45, 2.75) is 40.2 Å². The summed E-state index contributed by atoms with van der Waals surface area (Å²) in [6.07, 6.45) is 2.33. The summed E-state index contributed by atoms with van der Waals surface area (Å²) in [6.45, 7) is 11.3. The summed E-state index contributed by atoms with van der Waals surface area (Å²) in [4.78, 5) is 23.3. The average molecular weight is 367 g/mol. The van der Waals surface area contributed by atoms with Crippen molar-refractivity contribution >= 4 is 23.8 Å². The summed E-state index contributed by atoms with van der Waals surface area (Å²) in [5.74, 6) is 0.289. The molecule has 0 bridgehead atoms. The molecule has 0 saturated carbocycles. The van der Waals surface area contributed by atoms with E-state index in [1.54, 1.807) is 25.3 Å². The van der Waals surface area contributed by atoms with Gasteiger partial charge >= 0.3 is 0 Å². The third-order valence-corrected chi connectivity index (χ3v) is 3.50. The maximum absolute atomic E-state index is 11.7. The zero-order chi connectivity index (χ0) is 19.4. The molecule has 0 aliphatic carbocycles. The van der Waals surface area contributed by atoms with Crippen molar-refractivity contribution in [2.24, 2.45) is 5.92 Å². The number of carbonyl (C=O) groups is 2. The van der Waals surface area contributed by atoms with Crippen molar-refractivity contribution < 1.29 is 14.7 Å². The van der Waals surface area contributed by atoms with Crippen LogP contribution < -0.4 is 10.0 Å². The molecule has 1 atom stereocenters. The number of amides is 2. The van der Waals surface area contributed by atoms with E-state index in [9.17, 15) is 9.59 Å². The monoisotopic (exact) mass is 366 g/mol. The Morgan fingerprint density at radius 1 is 1.20 bits per heavy atom. The van der Waals surface area contributed by atoms with Crippen molar-refractivity contribution in [1.82, 2.24) is 10.0 Å². The lowest BCUT2D eigenvalue weighted by Crippen LogP contribution is -2.27. The first-order valence-corrected chi connectivity index (χ1v) is 9.41. The van der Waals surface area contributed by atoms with Crippen LogP contribution in [-0.2, 0) is 4.79 Å². The topological polar surface area (TPSA) is 78.4 Å². The second-order valence-corrected chi connectivity index (χ2v) is 6.87. The normalized spacial score (nSPS) is 11.2. The van der Waals surface area contributed by atoms with Gasteiger partial charge in [-0.25, -0.2) is 0 Å². The number of hydrogen-bond acceptors (Lipinski definition) is 4. The molecule has 140 valence electrons. The fourth-order valence-corrected chi connectivity index (χ4v) is 2.13. The molecule has 0 aromatic heterocycles. The first-order valence-electron chi connectivity index (χ1n) is 8.19. The van der Waals surface area contributed by atoms with Gasteiger partial charge in [-0.15, -0.1) is 0 Å². The lowest BCUT2D eigenvalue weighted by atomic mass is 10.0. The number of aliphatic hydroxyl groups is 1. The smallest absolute Gasteiger partial charge is 0.261 e. The third-order valence-electron chi connectivity index (χ3n) is 3.11. The van der Waals surface area contributed by atoms with Gasteiger partial charge in [0.25, 0.3) is 5.91 Å². The van der Waals surface area contributed by atoms with Gasteiger partial charge in [-0.05, 0) is 37.5 Å². The van der Waals surface area contributed by atoms with Crippen molar-refractivity contribution in [3.63, 3.8) is 0 Å². The van der Waals surface area contributed by atoms with Crippen LogP contribution >= 0.6 is 11.9 Å². The molecule has 5 nitrogen and oxygen atoms in total. The average Bonchev–Trinajstić information content (AvgIpc) is 2.54. The molecule has 0 heterocycles. The summed E-state index contributed by atoms with van der Waals surface area (Å²) in [5, 5.41) is 11.0. The van der Waals surface area contributed by atoms with Gasteiger partial charge in [-0.1, -0.05) is 50.1 Å². The van der Waals surface area contributed by atoms with E-state index in [1.165, 1.54) is 11.9 Å². The number of benzene rings is 1. The van der Waals surface area contributed by atoms with E-state index < -0.39 is 0 Å². The lowest BCUT2D eigenvalue weighted by molar-refractivity contribution is -0.122. The summed E-state index contributed by atoms with van der Waals surface area (Å²) >= 11 is 1.27. The van der Waals surface area contributed by atoms with Gasteiger partial charge in [0.15, 0.2) is 0 Å². The van der Waals surface area contributed by atoms with Crippen LogP contribution in [0.1, 0.15) is 56.1 Å². The van der Waals surface area contributed by atoms with Crippen molar-refractivity contribution in [1.29, 1.82) is 0 Å². The minimum atomic E-state index is -0.111. The SMILES string of the molecule is C=C(C)CO.CSNC(=O)c1ccc(C(C)NC(=O)CC(C)C)cc1. The molecular weight excluding hydrogens is 336 g/mol. The fourth-order valence-electron chi connectivity index (χ4n) is 1.83. The summed E-state index contributed by atoms with van der Waals surface area (Å²) in [7, 11) is 0. The third kappa shape index (κ3) is 10.6. The Kier molecular flexibility index (Phi) is 11.7. The minimum absolute atomic E-state index is 0.0525. The highest BCUT2D eigenvalue weighted by molar-refractivity contribution is 7.97. The van der Waals surface area contributed by atoms with Crippen LogP contribution in [0.4, 0.5) is 0 Å². The molecule has 1 unspecified atom stereocenters. The Hall–Kier alpha value is -1.79. The number of nitrogens with one attached hydrogen (secondary N) is 2. The van der Waals surface area contributed by atoms with Crippen LogP contribution in [0.3, 0.4) is 0 Å². The number of aliphatic hydroxyl groups excluding tert-OH is 1. The molecule has 0 saturated heterocycles. The van der Waals surface area contributed by atoms with Crippen LogP contribution in [0.15, 0.2) is 36.4 Å². The molecule has 1 aromatic carbocycles. The Morgan fingerprint density at radius 3 is 2.12 bits per heavy atom. The van der Waals surface area contributed by atoms with Crippen molar-refractivity contribution in [3.05, 3.63) is 47.5 Å². The van der Waals surface area contributed by atoms with Crippen LogP contribution in [0, 0.1) is 5.92 Å². The zero-order valence-electron chi connectivity index (χ0n) is 15.8. The van der Waals surface area contributed by atoms with Gasteiger partial charge in [0.2, 0.25) is 5.91 Å². The van der Waals surface area contributed by atoms with E-state index in [1.807, 2.05) is 32.9 Å². The molecule has 0 aliphatic rings. The molecule has 1 rings (SSSR count). The summed E-state index contributed by atoms with van der Waals surface area (Å²) in [5.41, 5.74) is 2.41. The largest absolute Gasteiger partial charge is 0.392 e. The predicted octanol–water partition coefficient (Wildman–Crippen LogP) is 3.47. The number of carbonyl (C=O) groups excluding carboxylic acids is 2. The van der Waals surface area contributed by atoms with Gasteiger partial charge in [-0.3, -0.25) is 14.3 Å².